The monoisotopic (exact) mass is 436 g/mol. The van der Waals surface area contributed by atoms with Crippen LogP contribution in [0.3, 0.4) is 0 Å². The number of benzene rings is 1. The quantitative estimate of drug-likeness (QED) is 0.525. The van der Waals surface area contributed by atoms with Crippen molar-refractivity contribution in [3.05, 3.63) is 30.3 Å². The van der Waals surface area contributed by atoms with Crippen LogP contribution in [0, 0.1) is 5.92 Å². The van der Waals surface area contributed by atoms with Gasteiger partial charge in [-0.05, 0) is 57.6 Å². The number of hydrogen-bond acceptors (Lipinski definition) is 4. The summed E-state index contributed by atoms with van der Waals surface area (Å²) in [7, 11) is -3.39. The number of rotatable bonds is 7. The predicted octanol–water partition coefficient (Wildman–Crippen LogP) is 2.55. The molecule has 0 radical (unpaired) electrons. The molecular weight excluding hydrogens is 400 g/mol. The third-order valence-electron chi connectivity index (χ3n) is 5.93. The van der Waals surface area contributed by atoms with Gasteiger partial charge in [0.2, 0.25) is 10.0 Å². The molecule has 1 aromatic carbocycles. The van der Waals surface area contributed by atoms with E-state index in [1.807, 2.05) is 13.0 Å². The summed E-state index contributed by atoms with van der Waals surface area (Å²) in [6.45, 7) is 9.56. The second-order valence-electron chi connectivity index (χ2n) is 8.00. The minimum atomic E-state index is -3.39. The van der Waals surface area contributed by atoms with Crippen LogP contribution < -0.4 is 5.32 Å². The fourth-order valence-corrected chi connectivity index (χ4v) is 5.68. The van der Waals surface area contributed by atoms with E-state index in [0.717, 1.165) is 64.4 Å². The van der Waals surface area contributed by atoms with E-state index in [2.05, 4.69) is 17.1 Å². The molecule has 3 rings (SSSR count). The van der Waals surface area contributed by atoms with Gasteiger partial charge in [-0.15, -0.1) is 0 Å². The Morgan fingerprint density at radius 2 is 1.73 bits per heavy atom. The molecular formula is C22H36N4O3S. The van der Waals surface area contributed by atoms with Crippen LogP contribution in [-0.4, -0.2) is 75.6 Å². The topological polar surface area (TPSA) is 74.2 Å². The lowest BCUT2D eigenvalue weighted by molar-refractivity contribution is 0.0263. The number of guanidine groups is 1. The minimum absolute atomic E-state index is 0.366. The van der Waals surface area contributed by atoms with Crippen molar-refractivity contribution in [2.45, 2.75) is 50.5 Å². The second kappa shape index (κ2) is 11.1. The zero-order valence-corrected chi connectivity index (χ0v) is 19.1. The van der Waals surface area contributed by atoms with Crippen LogP contribution >= 0.6 is 0 Å². The van der Waals surface area contributed by atoms with Crippen LogP contribution in [-0.2, 0) is 14.8 Å². The molecule has 2 saturated heterocycles. The zero-order chi connectivity index (χ0) is 21.4. The minimum Gasteiger partial charge on any atom is -0.378 e. The summed E-state index contributed by atoms with van der Waals surface area (Å²) in [6.07, 6.45) is 4.13. The second-order valence-corrected chi connectivity index (χ2v) is 9.93. The highest BCUT2D eigenvalue weighted by Crippen LogP contribution is 2.24. The van der Waals surface area contributed by atoms with Gasteiger partial charge in [0.1, 0.15) is 0 Å². The molecule has 7 nitrogen and oxygen atoms in total. The molecule has 0 atom stereocenters. The molecule has 0 saturated carbocycles. The van der Waals surface area contributed by atoms with Crippen LogP contribution in [0.5, 0.6) is 0 Å². The molecule has 0 bridgehead atoms. The molecule has 0 spiro atoms. The van der Waals surface area contributed by atoms with Crippen molar-refractivity contribution in [3.63, 3.8) is 0 Å². The van der Waals surface area contributed by atoms with E-state index in [-0.39, 0.29) is 0 Å². The van der Waals surface area contributed by atoms with Crippen LogP contribution in [0.25, 0.3) is 0 Å². The number of piperidine rings is 2. The van der Waals surface area contributed by atoms with Crippen molar-refractivity contribution in [1.29, 1.82) is 0 Å². The van der Waals surface area contributed by atoms with Crippen molar-refractivity contribution in [3.8, 4) is 0 Å². The van der Waals surface area contributed by atoms with Crippen molar-refractivity contribution >= 4 is 16.0 Å². The molecule has 2 aliphatic heterocycles. The number of likely N-dealkylation sites (tertiary alicyclic amines) is 1. The number of ether oxygens (including phenoxy) is 1. The molecule has 0 aliphatic carbocycles. The van der Waals surface area contributed by atoms with E-state index in [4.69, 9.17) is 9.73 Å². The lowest BCUT2D eigenvalue weighted by Gasteiger charge is -2.34. The third kappa shape index (κ3) is 5.95. The Labute approximate surface area is 181 Å². The number of nitrogens with one attached hydrogen (secondary N) is 1. The Morgan fingerprint density at radius 3 is 2.33 bits per heavy atom. The molecule has 168 valence electrons. The summed E-state index contributed by atoms with van der Waals surface area (Å²) >= 11 is 0. The van der Waals surface area contributed by atoms with Crippen LogP contribution in [0.15, 0.2) is 40.2 Å². The normalized spacial score (nSPS) is 20.5. The molecule has 30 heavy (non-hydrogen) atoms. The Morgan fingerprint density at radius 1 is 1.07 bits per heavy atom. The van der Waals surface area contributed by atoms with Gasteiger partial charge in [0.05, 0.1) is 11.0 Å². The Hall–Kier alpha value is -1.64. The highest BCUT2D eigenvalue weighted by atomic mass is 32.2. The maximum absolute atomic E-state index is 12.8. The SMILES string of the molecule is CCNC(=NCC1CCN(S(=O)(=O)c2ccccc2)CC1)N1CCC(OCC)CC1. The summed E-state index contributed by atoms with van der Waals surface area (Å²) < 4.78 is 33.0. The molecule has 0 amide bonds. The van der Waals surface area contributed by atoms with E-state index in [9.17, 15) is 8.42 Å². The largest absolute Gasteiger partial charge is 0.378 e. The first-order valence-electron chi connectivity index (χ1n) is 11.2. The molecule has 1 N–H and O–H groups in total. The molecule has 8 heteroatoms. The third-order valence-corrected chi connectivity index (χ3v) is 7.85. The fraction of sp³-hybridized carbons (Fsp3) is 0.682. The van der Waals surface area contributed by atoms with Gasteiger partial charge in [-0.2, -0.15) is 4.31 Å². The summed E-state index contributed by atoms with van der Waals surface area (Å²) in [5, 5.41) is 3.42. The number of aliphatic imine (C=N–C) groups is 1. The van der Waals surface area contributed by atoms with Gasteiger partial charge in [0, 0.05) is 45.9 Å². The van der Waals surface area contributed by atoms with Crippen molar-refractivity contribution in [1.82, 2.24) is 14.5 Å². The Bertz CT molecular complexity index is 769. The van der Waals surface area contributed by atoms with Crippen molar-refractivity contribution < 1.29 is 13.2 Å². The average molecular weight is 437 g/mol. The van der Waals surface area contributed by atoms with Gasteiger partial charge in [0.25, 0.3) is 0 Å². The van der Waals surface area contributed by atoms with Crippen LogP contribution in [0.2, 0.25) is 0 Å². The number of nitrogens with zero attached hydrogens (tertiary/aromatic N) is 3. The number of sulfonamides is 1. The zero-order valence-electron chi connectivity index (χ0n) is 18.3. The Kier molecular flexibility index (Phi) is 8.53. The highest BCUT2D eigenvalue weighted by Gasteiger charge is 2.29. The van der Waals surface area contributed by atoms with Gasteiger partial charge in [-0.3, -0.25) is 4.99 Å². The van der Waals surface area contributed by atoms with E-state index >= 15 is 0 Å². The van der Waals surface area contributed by atoms with Crippen LogP contribution in [0.4, 0.5) is 0 Å². The summed E-state index contributed by atoms with van der Waals surface area (Å²) in [6, 6.07) is 8.72. The van der Waals surface area contributed by atoms with Gasteiger partial charge in [0.15, 0.2) is 5.96 Å². The van der Waals surface area contributed by atoms with Gasteiger partial charge in [-0.25, -0.2) is 8.42 Å². The predicted molar refractivity (Wildman–Crippen MR) is 120 cm³/mol. The first-order chi connectivity index (χ1) is 14.5. The molecule has 2 fully saturated rings. The summed E-state index contributed by atoms with van der Waals surface area (Å²) in [4.78, 5) is 7.61. The smallest absolute Gasteiger partial charge is 0.243 e. The van der Waals surface area contributed by atoms with Gasteiger partial charge < -0.3 is 15.0 Å². The maximum atomic E-state index is 12.8. The van der Waals surface area contributed by atoms with Crippen molar-refractivity contribution in [2.24, 2.45) is 10.9 Å². The molecule has 2 heterocycles. The molecule has 1 aromatic rings. The average Bonchev–Trinajstić information content (AvgIpc) is 2.78. The molecule has 0 aromatic heterocycles. The first-order valence-corrected chi connectivity index (χ1v) is 12.7. The molecule has 0 unspecified atom stereocenters. The van der Waals surface area contributed by atoms with Gasteiger partial charge >= 0.3 is 0 Å². The van der Waals surface area contributed by atoms with E-state index in [1.54, 1.807) is 28.6 Å². The van der Waals surface area contributed by atoms with E-state index in [0.29, 0.717) is 30.0 Å². The summed E-state index contributed by atoms with van der Waals surface area (Å²) in [5.74, 6) is 1.40. The Balaban J connectivity index is 1.52. The first kappa shape index (κ1) is 23.0. The van der Waals surface area contributed by atoms with Crippen molar-refractivity contribution in [2.75, 3.05) is 45.9 Å². The summed E-state index contributed by atoms with van der Waals surface area (Å²) in [5.41, 5.74) is 0. The maximum Gasteiger partial charge on any atom is 0.243 e. The number of hydrogen-bond donors (Lipinski definition) is 1. The van der Waals surface area contributed by atoms with E-state index in [1.165, 1.54) is 0 Å². The lowest BCUT2D eigenvalue weighted by atomic mass is 9.98. The molecule has 2 aliphatic rings. The van der Waals surface area contributed by atoms with Gasteiger partial charge in [-0.1, -0.05) is 18.2 Å². The fourth-order valence-electron chi connectivity index (χ4n) is 4.19. The van der Waals surface area contributed by atoms with Crippen LogP contribution in [0.1, 0.15) is 39.5 Å². The van der Waals surface area contributed by atoms with E-state index < -0.39 is 10.0 Å². The standard InChI is InChI=1S/C22H36N4O3S/c1-3-23-22(25-14-12-20(13-15-25)29-4-2)24-18-19-10-16-26(17-11-19)30(27,28)21-8-6-5-7-9-21/h5-9,19-20H,3-4,10-18H2,1-2H3,(H,23,24). The highest BCUT2D eigenvalue weighted by molar-refractivity contribution is 7.89. The lowest BCUT2D eigenvalue weighted by Crippen LogP contribution is -2.47.